The molecule has 1 aromatic heterocycles. The number of hydrogen-bond donors (Lipinski definition) is 1. The van der Waals surface area contributed by atoms with Crippen LogP contribution in [-0.4, -0.2) is 24.7 Å². The molecule has 1 aromatic carbocycles. The van der Waals surface area contributed by atoms with E-state index in [-0.39, 0.29) is 0 Å². The van der Waals surface area contributed by atoms with Gasteiger partial charge in [0.15, 0.2) is 5.75 Å². The zero-order valence-electron chi connectivity index (χ0n) is 14.5. The van der Waals surface area contributed by atoms with E-state index in [1.807, 2.05) is 30.3 Å². The van der Waals surface area contributed by atoms with E-state index < -0.39 is 0 Å². The van der Waals surface area contributed by atoms with E-state index in [2.05, 4.69) is 30.2 Å². The lowest BCUT2D eigenvalue weighted by Crippen LogP contribution is -2.33. The third kappa shape index (κ3) is 4.26. The maximum atomic E-state index is 6.09. The molecule has 0 saturated carbocycles. The van der Waals surface area contributed by atoms with Gasteiger partial charge < -0.3 is 14.8 Å². The highest BCUT2D eigenvalue weighted by atomic mass is 16.5. The van der Waals surface area contributed by atoms with Crippen LogP contribution in [0.2, 0.25) is 0 Å². The Morgan fingerprint density at radius 3 is 2.79 bits per heavy atom. The molecule has 1 aliphatic rings. The van der Waals surface area contributed by atoms with Gasteiger partial charge in [-0.3, -0.25) is 0 Å². The lowest BCUT2D eigenvalue weighted by Gasteiger charge is -2.23. The lowest BCUT2D eigenvalue weighted by atomic mass is 10.0. The van der Waals surface area contributed by atoms with Gasteiger partial charge in [-0.25, -0.2) is 4.98 Å². The molecule has 1 aliphatic heterocycles. The Labute approximate surface area is 144 Å². The Morgan fingerprint density at radius 2 is 2.00 bits per heavy atom. The maximum Gasteiger partial charge on any atom is 0.262 e. The number of ether oxygens (including phenoxy) is 2. The Morgan fingerprint density at radius 1 is 1.17 bits per heavy atom. The number of nitrogens with zero attached hydrogens (tertiary/aromatic N) is 1. The Hall–Kier alpha value is -2.07. The van der Waals surface area contributed by atoms with Crippen molar-refractivity contribution < 1.29 is 9.47 Å². The molecule has 2 aromatic rings. The second kappa shape index (κ2) is 8.15. The summed E-state index contributed by atoms with van der Waals surface area (Å²) in [6, 6.07) is 11.9. The fourth-order valence-electron chi connectivity index (χ4n) is 2.99. The molecule has 1 saturated heterocycles. The Bertz CT molecular complexity index is 652. The fourth-order valence-corrected chi connectivity index (χ4v) is 2.99. The molecule has 1 N–H and O–H groups in total. The molecule has 1 atom stereocenters. The first-order valence-electron chi connectivity index (χ1n) is 8.79. The number of aromatic nitrogens is 1. The van der Waals surface area contributed by atoms with Crippen LogP contribution in [0.5, 0.6) is 17.4 Å². The van der Waals surface area contributed by atoms with Crippen molar-refractivity contribution in [3.05, 3.63) is 48.2 Å². The summed E-state index contributed by atoms with van der Waals surface area (Å²) in [5.41, 5.74) is 1.17. The van der Waals surface area contributed by atoms with Gasteiger partial charge in [-0.1, -0.05) is 32.0 Å². The molecule has 4 nitrogen and oxygen atoms in total. The molecule has 0 bridgehead atoms. The summed E-state index contributed by atoms with van der Waals surface area (Å²) in [6.07, 6.45) is 4.16. The topological polar surface area (TPSA) is 43.4 Å². The van der Waals surface area contributed by atoms with E-state index in [9.17, 15) is 0 Å². The number of hydrogen-bond acceptors (Lipinski definition) is 4. The van der Waals surface area contributed by atoms with Crippen LogP contribution in [0.4, 0.5) is 0 Å². The molecule has 0 aliphatic carbocycles. The summed E-state index contributed by atoms with van der Waals surface area (Å²) in [4.78, 5) is 4.38. The van der Waals surface area contributed by atoms with Gasteiger partial charge in [0.05, 0.1) is 6.61 Å². The van der Waals surface area contributed by atoms with Crippen LogP contribution in [0.1, 0.15) is 38.2 Å². The molecular formula is C20H26N2O2. The molecule has 128 valence electrons. The van der Waals surface area contributed by atoms with Gasteiger partial charge in [0.2, 0.25) is 0 Å². The van der Waals surface area contributed by atoms with Crippen LogP contribution in [0.15, 0.2) is 42.6 Å². The molecule has 1 unspecified atom stereocenters. The van der Waals surface area contributed by atoms with Crippen LogP contribution < -0.4 is 14.8 Å². The summed E-state index contributed by atoms with van der Waals surface area (Å²) >= 11 is 0. The summed E-state index contributed by atoms with van der Waals surface area (Å²) in [6.45, 7) is 7.15. The highest BCUT2D eigenvalue weighted by molar-refractivity contribution is 5.41. The first-order chi connectivity index (χ1) is 11.7. The maximum absolute atomic E-state index is 6.09. The van der Waals surface area contributed by atoms with Gasteiger partial charge in [0.25, 0.3) is 5.88 Å². The molecule has 2 heterocycles. The number of para-hydroxylation sites is 1. The van der Waals surface area contributed by atoms with Crippen LogP contribution >= 0.6 is 0 Å². The molecule has 0 amide bonds. The van der Waals surface area contributed by atoms with Crippen molar-refractivity contribution in [1.29, 1.82) is 0 Å². The van der Waals surface area contributed by atoms with Crippen LogP contribution in [0.3, 0.4) is 0 Å². The van der Waals surface area contributed by atoms with Gasteiger partial charge in [0, 0.05) is 18.7 Å². The molecular weight excluding hydrogens is 300 g/mol. The van der Waals surface area contributed by atoms with Crippen LogP contribution in [0, 0.1) is 5.92 Å². The van der Waals surface area contributed by atoms with Crippen LogP contribution in [-0.2, 0) is 0 Å². The van der Waals surface area contributed by atoms with E-state index in [0.717, 1.165) is 18.8 Å². The number of pyridine rings is 1. The van der Waals surface area contributed by atoms with E-state index in [4.69, 9.17) is 9.47 Å². The molecule has 3 rings (SSSR count). The number of piperidine rings is 1. The van der Waals surface area contributed by atoms with Gasteiger partial charge in [-0.2, -0.15) is 0 Å². The standard InChI is InChI=1S/C20H26N2O2/c1-15(2)17-8-3-4-9-18(17)24-20-19(10-6-12-22-20)23-14-16-7-5-11-21-13-16/h3-4,6,8-10,12,15-16,21H,5,7,11,13-14H2,1-2H3. The zero-order valence-corrected chi connectivity index (χ0v) is 14.5. The third-order valence-electron chi connectivity index (χ3n) is 4.36. The van der Waals surface area contributed by atoms with Gasteiger partial charge in [-0.15, -0.1) is 0 Å². The first-order valence-corrected chi connectivity index (χ1v) is 8.79. The normalized spacial score (nSPS) is 17.7. The van der Waals surface area contributed by atoms with E-state index >= 15 is 0 Å². The van der Waals surface area contributed by atoms with Crippen molar-refractivity contribution in [3.8, 4) is 17.4 Å². The quantitative estimate of drug-likeness (QED) is 0.856. The van der Waals surface area contributed by atoms with Gasteiger partial charge in [-0.05, 0) is 49.1 Å². The third-order valence-corrected chi connectivity index (χ3v) is 4.36. The predicted octanol–water partition coefficient (Wildman–Crippen LogP) is 4.38. The predicted molar refractivity (Wildman–Crippen MR) is 95.9 cm³/mol. The SMILES string of the molecule is CC(C)c1ccccc1Oc1ncccc1OCC1CCCNC1. The average Bonchev–Trinajstić information content (AvgIpc) is 2.62. The summed E-state index contributed by atoms with van der Waals surface area (Å²) in [5.74, 6) is 3.03. The minimum atomic E-state index is 0.391. The fraction of sp³-hybridized carbons (Fsp3) is 0.450. The molecule has 0 radical (unpaired) electrons. The van der Waals surface area contributed by atoms with Gasteiger partial charge >= 0.3 is 0 Å². The van der Waals surface area contributed by atoms with E-state index in [1.54, 1.807) is 6.20 Å². The van der Waals surface area contributed by atoms with Crippen molar-refractivity contribution in [2.75, 3.05) is 19.7 Å². The number of benzene rings is 1. The number of rotatable bonds is 6. The zero-order chi connectivity index (χ0) is 16.8. The summed E-state index contributed by atoms with van der Waals surface area (Å²) < 4.78 is 12.1. The Kier molecular flexibility index (Phi) is 5.70. The van der Waals surface area contributed by atoms with Crippen molar-refractivity contribution in [2.45, 2.75) is 32.6 Å². The molecule has 0 spiro atoms. The summed E-state index contributed by atoms with van der Waals surface area (Å²) in [5, 5.41) is 3.42. The largest absolute Gasteiger partial charge is 0.488 e. The Balaban J connectivity index is 1.72. The minimum absolute atomic E-state index is 0.391. The summed E-state index contributed by atoms with van der Waals surface area (Å²) in [7, 11) is 0. The van der Waals surface area contributed by atoms with Crippen molar-refractivity contribution in [2.24, 2.45) is 5.92 Å². The van der Waals surface area contributed by atoms with Gasteiger partial charge in [0.1, 0.15) is 5.75 Å². The molecule has 24 heavy (non-hydrogen) atoms. The lowest BCUT2D eigenvalue weighted by molar-refractivity contribution is 0.211. The highest BCUT2D eigenvalue weighted by Gasteiger charge is 2.16. The van der Waals surface area contributed by atoms with E-state index in [0.29, 0.717) is 30.1 Å². The highest BCUT2D eigenvalue weighted by Crippen LogP contribution is 2.34. The van der Waals surface area contributed by atoms with E-state index in [1.165, 1.54) is 18.4 Å². The van der Waals surface area contributed by atoms with Crippen LogP contribution in [0.25, 0.3) is 0 Å². The second-order valence-electron chi connectivity index (χ2n) is 6.62. The molecule has 1 fully saturated rings. The monoisotopic (exact) mass is 326 g/mol. The first kappa shape index (κ1) is 16.8. The second-order valence-corrected chi connectivity index (χ2v) is 6.62. The average molecular weight is 326 g/mol. The van der Waals surface area contributed by atoms with Crippen molar-refractivity contribution >= 4 is 0 Å². The van der Waals surface area contributed by atoms with Crippen molar-refractivity contribution in [3.63, 3.8) is 0 Å². The minimum Gasteiger partial charge on any atom is -0.488 e. The van der Waals surface area contributed by atoms with Crippen molar-refractivity contribution in [1.82, 2.24) is 10.3 Å². The smallest absolute Gasteiger partial charge is 0.262 e. The number of nitrogens with one attached hydrogen (secondary N) is 1. The molecule has 4 heteroatoms.